The number of carbonyl (C=O) groups excluding carboxylic acids is 2. The summed E-state index contributed by atoms with van der Waals surface area (Å²) in [6, 6.07) is 3.43. The summed E-state index contributed by atoms with van der Waals surface area (Å²) in [5, 5.41) is 4.45. The van der Waals surface area contributed by atoms with Gasteiger partial charge in [0.25, 0.3) is 5.91 Å². The summed E-state index contributed by atoms with van der Waals surface area (Å²) in [5.41, 5.74) is 3.60. The molecule has 0 aliphatic heterocycles. The minimum atomic E-state index is -0.160. The molecule has 0 aromatic carbocycles. The van der Waals surface area contributed by atoms with E-state index in [1.54, 1.807) is 24.5 Å². The molecule has 3 rings (SSSR count). The van der Waals surface area contributed by atoms with Crippen LogP contribution in [0.2, 0.25) is 0 Å². The average molecular weight is 370 g/mol. The molecule has 1 aliphatic carbocycles. The van der Waals surface area contributed by atoms with Crippen LogP contribution in [-0.2, 0) is 23.1 Å². The highest BCUT2D eigenvalue weighted by Gasteiger charge is 2.45. The number of hydrogen-bond acceptors (Lipinski definition) is 5. The molecule has 1 aliphatic rings. The summed E-state index contributed by atoms with van der Waals surface area (Å²) in [6.45, 7) is 7.15. The molecule has 1 fully saturated rings. The van der Waals surface area contributed by atoms with E-state index >= 15 is 0 Å². The molecular formula is C20H26N4O3. The van der Waals surface area contributed by atoms with Crippen LogP contribution in [0.25, 0.3) is 0 Å². The van der Waals surface area contributed by atoms with Crippen LogP contribution in [0.15, 0.2) is 24.5 Å². The average Bonchev–Trinajstić information content (AvgIpc) is 3.39. The van der Waals surface area contributed by atoms with Crippen LogP contribution < -0.4 is 0 Å². The number of nitrogens with zero attached hydrogens (tertiary/aromatic N) is 4. The van der Waals surface area contributed by atoms with E-state index < -0.39 is 0 Å². The smallest absolute Gasteiger partial charge is 0.309 e. The first-order valence-corrected chi connectivity index (χ1v) is 9.27. The lowest BCUT2D eigenvalue weighted by atomic mass is 10.1. The van der Waals surface area contributed by atoms with E-state index in [-0.39, 0.29) is 23.7 Å². The van der Waals surface area contributed by atoms with Crippen molar-refractivity contribution in [2.75, 3.05) is 13.2 Å². The van der Waals surface area contributed by atoms with Crippen LogP contribution in [0.5, 0.6) is 0 Å². The highest BCUT2D eigenvalue weighted by atomic mass is 16.5. The van der Waals surface area contributed by atoms with E-state index in [2.05, 4.69) is 10.1 Å². The van der Waals surface area contributed by atoms with Gasteiger partial charge in [0, 0.05) is 49.4 Å². The number of rotatable bonds is 7. The van der Waals surface area contributed by atoms with E-state index in [0.29, 0.717) is 25.3 Å². The van der Waals surface area contributed by atoms with Gasteiger partial charge >= 0.3 is 5.97 Å². The van der Waals surface area contributed by atoms with Crippen molar-refractivity contribution in [2.24, 2.45) is 18.9 Å². The highest BCUT2D eigenvalue weighted by molar-refractivity contribution is 5.94. The van der Waals surface area contributed by atoms with Crippen LogP contribution in [-0.4, -0.2) is 44.7 Å². The molecule has 144 valence electrons. The highest BCUT2D eigenvalue weighted by Crippen LogP contribution is 2.40. The number of pyridine rings is 1. The summed E-state index contributed by atoms with van der Waals surface area (Å²) >= 11 is 0. The summed E-state index contributed by atoms with van der Waals surface area (Å²) in [6.07, 6.45) is 4.00. The quantitative estimate of drug-likeness (QED) is 0.699. The Bertz CT molecular complexity index is 831. The zero-order valence-electron chi connectivity index (χ0n) is 16.3. The maximum Gasteiger partial charge on any atom is 0.309 e. The predicted molar refractivity (Wildman–Crippen MR) is 99.9 cm³/mol. The Morgan fingerprint density at radius 2 is 2.00 bits per heavy atom. The first-order chi connectivity index (χ1) is 12.9. The van der Waals surface area contributed by atoms with Gasteiger partial charge in [-0.05, 0) is 45.2 Å². The van der Waals surface area contributed by atoms with Gasteiger partial charge in [0.1, 0.15) is 0 Å². The maximum atomic E-state index is 13.1. The minimum absolute atomic E-state index is 0.0606. The van der Waals surface area contributed by atoms with Gasteiger partial charge in [-0.25, -0.2) is 0 Å². The third-order valence-electron chi connectivity index (χ3n) is 5.19. The van der Waals surface area contributed by atoms with E-state index in [9.17, 15) is 9.59 Å². The Labute approximate surface area is 159 Å². The van der Waals surface area contributed by atoms with Crippen molar-refractivity contribution >= 4 is 11.9 Å². The number of aryl methyl sites for hydroxylation is 2. The molecule has 1 saturated carbocycles. The molecule has 2 aromatic heterocycles. The summed E-state index contributed by atoms with van der Waals surface area (Å²) < 4.78 is 6.95. The third kappa shape index (κ3) is 4.18. The molecule has 0 bridgehead atoms. The Kier molecular flexibility index (Phi) is 5.58. The molecule has 27 heavy (non-hydrogen) atoms. The van der Waals surface area contributed by atoms with Gasteiger partial charge < -0.3 is 9.64 Å². The Morgan fingerprint density at radius 1 is 1.30 bits per heavy atom. The number of amides is 1. The normalized spacial score (nSPS) is 18.2. The Hall–Kier alpha value is -2.70. The van der Waals surface area contributed by atoms with Crippen LogP contribution in [0.3, 0.4) is 0 Å². The molecule has 2 atom stereocenters. The third-order valence-corrected chi connectivity index (χ3v) is 5.19. The molecule has 0 radical (unpaired) electrons. The summed E-state index contributed by atoms with van der Waals surface area (Å²) in [5.74, 6) is -0.178. The molecule has 0 unspecified atom stereocenters. The Morgan fingerprint density at radius 3 is 2.59 bits per heavy atom. The fourth-order valence-electron chi connectivity index (χ4n) is 3.40. The van der Waals surface area contributed by atoms with Crippen LogP contribution in [0.1, 0.15) is 40.7 Å². The second-order valence-corrected chi connectivity index (χ2v) is 7.05. The number of carbonyl (C=O) groups is 2. The van der Waals surface area contributed by atoms with Crippen molar-refractivity contribution in [3.63, 3.8) is 0 Å². The molecule has 7 heteroatoms. The lowest BCUT2D eigenvalue weighted by molar-refractivity contribution is -0.145. The van der Waals surface area contributed by atoms with Crippen molar-refractivity contribution in [2.45, 2.75) is 33.7 Å². The number of aromatic nitrogens is 3. The van der Waals surface area contributed by atoms with Crippen LogP contribution in [0.4, 0.5) is 0 Å². The monoisotopic (exact) mass is 370 g/mol. The summed E-state index contributed by atoms with van der Waals surface area (Å²) in [4.78, 5) is 30.9. The zero-order valence-corrected chi connectivity index (χ0v) is 16.3. The summed E-state index contributed by atoms with van der Waals surface area (Å²) in [7, 11) is 1.90. The lowest BCUT2D eigenvalue weighted by Crippen LogP contribution is -2.33. The van der Waals surface area contributed by atoms with Gasteiger partial charge in [-0.2, -0.15) is 5.10 Å². The van der Waals surface area contributed by atoms with E-state index in [0.717, 1.165) is 23.4 Å². The first-order valence-electron chi connectivity index (χ1n) is 9.27. The molecule has 0 spiro atoms. The zero-order chi connectivity index (χ0) is 19.6. The SMILES string of the molecule is CCOC(=O)[C@@H]1C[C@H]1CN(Cc1c(C)nn(C)c1C)C(=O)c1ccncc1. The van der Waals surface area contributed by atoms with Crippen molar-refractivity contribution in [3.05, 3.63) is 47.0 Å². The largest absolute Gasteiger partial charge is 0.466 e. The number of ether oxygens (including phenoxy) is 1. The van der Waals surface area contributed by atoms with Gasteiger partial charge in [0.2, 0.25) is 0 Å². The molecule has 2 aromatic rings. The van der Waals surface area contributed by atoms with Crippen LogP contribution >= 0.6 is 0 Å². The van der Waals surface area contributed by atoms with Crippen LogP contribution in [0, 0.1) is 25.7 Å². The van der Waals surface area contributed by atoms with E-state index in [1.165, 1.54) is 0 Å². The molecular weight excluding hydrogens is 344 g/mol. The second-order valence-electron chi connectivity index (χ2n) is 7.05. The predicted octanol–water partition coefficient (Wildman–Crippen LogP) is 2.27. The fourth-order valence-corrected chi connectivity index (χ4v) is 3.40. The minimum Gasteiger partial charge on any atom is -0.466 e. The molecule has 1 amide bonds. The van der Waals surface area contributed by atoms with Gasteiger partial charge in [-0.1, -0.05) is 0 Å². The van der Waals surface area contributed by atoms with Crippen molar-refractivity contribution < 1.29 is 14.3 Å². The molecule has 0 saturated heterocycles. The van der Waals surface area contributed by atoms with Crippen molar-refractivity contribution in [1.29, 1.82) is 0 Å². The molecule has 2 heterocycles. The van der Waals surface area contributed by atoms with Gasteiger partial charge in [-0.15, -0.1) is 0 Å². The maximum absolute atomic E-state index is 13.1. The van der Waals surface area contributed by atoms with Gasteiger partial charge in [0.05, 0.1) is 18.2 Å². The second kappa shape index (κ2) is 7.90. The number of esters is 1. The molecule has 0 N–H and O–H groups in total. The van der Waals surface area contributed by atoms with E-state index in [1.807, 2.05) is 37.4 Å². The fraction of sp³-hybridized carbons (Fsp3) is 0.500. The first kappa shape index (κ1) is 19.1. The molecule has 7 nitrogen and oxygen atoms in total. The topological polar surface area (TPSA) is 77.3 Å². The standard InChI is InChI=1S/C20H26N4O3/c1-5-27-20(26)17-10-16(17)11-24(19(25)15-6-8-21-9-7-15)12-18-13(2)22-23(4)14(18)3/h6-9,16-17H,5,10-12H2,1-4H3/t16-,17+/m0/s1. The van der Waals surface area contributed by atoms with Crippen molar-refractivity contribution in [1.82, 2.24) is 19.7 Å². The number of hydrogen-bond donors (Lipinski definition) is 0. The lowest BCUT2D eigenvalue weighted by Gasteiger charge is -2.23. The van der Waals surface area contributed by atoms with Gasteiger partial charge in [-0.3, -0.25) is 19.3 Å². The Balaban J connectivity index is 1.79. The van der Waals surface area contributed by atoms with Crippen molar-refractivity contribution in [3.8, 4) is 0 Å². The van der Waals surface area contributed by atoms with Gasteiger partial charge in [0.15, 0.2) is 0 Å². The van der Waals surface area contributed by atoms with E-state index in [4.69, 9.17) is 4.74 Å².